The number of benzene rings is 1. The molecule has 1 aromatic heterocycles. The predicted molar refractivity (Wildman–Crippen MR) is 151 cm³/mol. The van der Waals surface area contributed by atoms with Crippen LogP contribution < -0.4 is 0 Å². The third kappa shape index (κ3) is 2.67. The Bertz CT molecular complexity index is 1360. The van der Waals surface area contributed by atoms with E-state index in [-0.39, 0.29) is 24.4 Å². The van der Waals surface area contributed by atoms with Crippen molar-refractivity contribution >= 4 is 10.9 Å². The van der Waals surface area contributed by atoms with Gasteiger partial charge in [0.05, 0.1) is 6.10 Å². The highest BCUT2D eigenvalue weighted by molar-refractivity contribution is 5.87. The van der Waals surface area contributed by atoms with E-state index < -0.39 is 34.9 Å². The molecule has 3 heterocycles. The van der Waals surface area contributed by atoms with Crippen LogP contribution in [0.2, 0.25) is 0 Å². The van der Waals surface area contributed by atoms with Crippen molar-refractivity contribution in [2.45, 2.75) is 121 Å². The summed E-state index contributed by atoms with van der Waals surface area (Å²) in [5, 5.41) is 25.3. The van der Waals surface area contributed by atoms with Gasteiger partial charge < -0.3 is 24.7 Å². The Morgan fingerprint density at radius 2 is 1.95 bits per heavy atom. The highest BCUT2D eigenvalue weighted by Gasteiger charge is 2.86. The summed E-state index contributed by atoms with van der Waals surface area (Å²) < 4.78 is 12.9. The molecule has 1 aromatic carbocycles. The number of nitrogens with one attached hydrogen (secondary N) is 1. The van der Waals surface area contributed by atoms with Crippen LogP contribution in [0.1, 0.15) is 84.5 Å². The number of rotatable bonds is 3. The van der Waals surface area contributed by atoms with E-state index in [4.69, 9.17) is 9.47 Å². The van der Waals surface area contributed by atoms with E-state index in [0.717, 1.165) is 31.3 Å². The van der Waals surface area contributed by atoms with Crippen molar-refractivity contribution in [2.75, 3.05) is 0 Å². The average molecular weight is 520 g/mol. The van der Waals surface area contributed by atoms with Crippen LogP contribution in [0, 0.1) is 11.3 Å². The largest absolute Gasteiger partial charge is 0.387 e. The molecule has 0 radical (unpaired) electrons. The summed E-state index contributed by atoms with van der Waals surface area (Å²) >= 11 is 0. The van der Waals surface area contributed by atoms with Crippen LogP contribution in [-0.4, -0.2) is 50.8 Å². The van der Waals surface area contributed by atoms with Crippen LogP contribution in [-0.2, 0) is 26.7 Å². The molecule has 2 aliphatic heterocycles. The summed E-state index contributed by atoms with van der Waals surface area (Å²) in [7, 11) is 0. The molecule has 7 rings (SSSR count). The number of aliphatic hydroxyl groups is 2. The number of aromatic amines is 1. The van der Waals surface area contributed by atoms with E-state index in [1.54, 1.807) is 0 Å². The molecule has 5 heteroatoms. The standard InChI is InChI=1S/C32H41NO4.CH4/c1-8-28(4,5)18-9-10-20-21-15-19-11-14-31(35)29(6,30(19,7)26(21)33-22(20)16-18)13-12-23-32(31)27(37-32)24(34)25(36-23)17(2)3;/h8-10,16,19,23-25,27,33-35H,1-2,11-15H2,3-7H3;1H4/t19-,23?,24?,25?,27?,29+,30+,31-,32?;/m0./s1. The molecule has 5 unspecified atom stereocenters. The molecule has 3 N–H and O–H groups in total. The van der Waals surface area contributed by atoms with E-state index >= 15 is 0 Å². The fourth-order valence-corrected chi connectivity index (χ4v) is 9.37. The number of fused-ring (bicyclic) bond motifs is 7. The fourth-order valence-electron chi connectivity index (χ4n) is 9.37. The van der Waals surface area contributed by atoms with Crippen LogP contribution >= 0.6 is 0 Å². The van der Waals surface area contributed by atoms with Crippen molar-refractivity contribution in [3.63, 3.8) is 0 Å². The van der Waals surface area contributed by atoms with Gasteiger partial charge in [-0.15, -0.1) is 6.58 Å². The molecule has 2 saturated carbocycles. The molecule has 206 valence electrons. The first-order valence-electron chi connectivity index (χ1n) is 14.0. The van der Waals surface area contributed by atoms with E-state index in [0.29, 0.717) is 12.3 Å². The summed E-state index contributed by atoms with van der Waals surface area (Å²) in [4.78, 5) is 3.88. The van der Waals surface area contributed by atoms with Gasteiger partial charge in [0.1, 0.15) is 23.9 Å². The van der Waals surface area contributed by atoms with Gasteiger partial charge in [-0.3, -0.25) is 0 Å². The summed E-state index contributed by atoms with van der Waals surface area (Å²) in [5.41, 5.74) is 3.20. The first-order valence-corrected chi connectivity index (χ1v) is 14.0. The van der Waals surface area contributed by atoms with Crippen molar-refractivity contribution in [2.24, 2.45) is 11.3 Å². The maximum atomic E-state index is 12.8. The Kier molecular flexibility index (Phi) is 5.28. The lowest BCUT2D eigenvalue weighted by Gasteiger charge is -2.66. The van der Waals surface area contributed by atoms with E-state index in [1.807, 2.05) is 13.0 Å². The maximum absolute atomic E-state index is 12.8. The maximum Gasteiger partial charge on any atom is 0.153 e. The van der Waals surface area contributed by atoms with Crippen LogP contribution in [0.25, 0.3) is 10.9 Å². The Morgan fingerprint density at radius 1 is 1.21 bits per heavy atom. The van der Waals surface area contributed by atoms with Crippen molar-refractivity contribution in [1.82, 2.24) is 4.98 Å². The second kappa shape index (κ2) is 7.63. The highest BCUT2D eigenvalue weighted by Crippen LogP contribution is 2.74. The molecule has 9 atom stereocenters. The highest BCUT2D eigenvalue weighted by atomic mass is 16.7. The fraction of sp³-hybridized carbons (Fsp3) is 0.636. The molecular formula is C33H45NO4. The van der Waals surface area contributed by atoms with E-state index in [2.05, 4.69) is 64.0 Å². The summed E-state index contributed by atoms with van der Waals surface area (Å²) in [5.74, 6) is 0.454. The van der Waals surface area contributed by atoms with Gasteiger partial charge in [0.2, 0.25) is 0 Å². The second-order valence-corrected chi connectivity index (χ2v) is 13.8. The van der Waals surface area contributed by atoms with Gasteiger partial charge in [0, 0.05) is 32.8 Å². The third-order valence-corrected chi connectivity index (χ3v) is 12.0. The SMILES string of the molecule is C.C=CC(C)(C)c1ccc2c3c([nH]c2c1)[C@@]1(C)[C@@H](CC[C@@]2(O)C45OC4C(O)C(C(=C)C)OC5CC[C@]12C)C3. The molecule has 38 heavy (non-hydrogen) atoms. The van der Waals surface area contributed by atoms with Gasteiger partial charge in [-0.2, -0.15) is 0 Å². The minimum absolute atomic E-state index is 0. The van der Waals surface area contributed by atoms with Crippen molar-refractivity contribution in [3.05, 3.63) is 59.8 Å². The molecule has 2 aromatic rings. The van der Waals surface area contributed by atoms with E-state index in [1.165, 1.54) is 27.7 Å². The zero-order valence-electron chi connectivity index (χ0n) is 22.9. The normalized spacial score (nSPS) is 44.7. The summed E-state index contributed by atoms with van der Waals surface area (Å²) in [6, 6.07) is 6.80. The van der Waals surface area contributed by atoms with Crippen LogP contribution in [0.15, 0.2) is 43.0 Å². The average Bonchev–Trinajstić information content (AvgIpc) is 3.44. The Labute approximate surface area is 227 Å². The summed E-state index contributed by atoms with van der Waals surface area (Å²) in [6.07, 6.45) is 4.41. The van der Waals surface area contributed by atoms with Crippen LogP contribution in [0.3, 0.4) is 0 Å². The quantitative estimate of drug-likeness (QED) is 0.350. The van der Waals surface area contributed by atoms with Crippen molar-refractivity contribution in [1.29, 1.82) is 0 Å². The molecule has 0 amide bonds. The number of hydrogen-bond acceptors (Lipinski definition) is 4. The molecular weight excluding hydrogens is 474 g/mol. The zero-order valence-corrected chi connectivity index (χ0v) is 22.9. The molecule has 0 bridgehead atoms. The van der Waals surface area contributed by atoms with Gasteiger partial charge in [-0.25, -0.2) is 0 Å². The Morgan fingerprint density at radius 3 is 2.63 bits per heavy atom. The molecule has 5 aliphatic rings. The number of hydrogen-bond donors (Lipinski definition) is 3. The smallest absolute Gasteiger partial charge is 0.153 e. The summed E-state index contributed by atoms with van der Waals surface area (Å²) in [6.45, 7) is 19.0. The Balaban J connectivity index is 0.00000264. The second-order valence-electron chi connectivity index (χ2n) is 13.8. The molecule has 5 nitrogen and oxygen atoms in total. The lowest BCUT2D eigenvalue weighted by molar-refractivity contribution is -0.265. The van der Waals surface area contributed by atoms with Gasteiger partial charge >= 0.3 is 0 Å². The minimum atomic E-state index is -1.09. The van der Waals surface area contributed by atoms with Crippen molar-refractivity contribution < 1.29 is 19.7 Å². The number of aliphatic hydroxyl groups excluding tert-OH is 1. The van der Waals surface area contributed by atoms with E-state index in [9.17, 15) is 10.2 Å². The first kappa shape index (κ1) is 26.3. The number of allylic oxidation sites excluding steroid dienone is 1. The van der Waals surface area contributed by atoms with Gasteiger partial charge in [-0.1, -0.05) is 59.9 Å². The van der Waals surface area contributed by atoms with Gasteiger partial charge in [0.25, 0.3) is 0 Å². The first-order chi connectivity index (χ1) is 17.4. The number of ether oxygens (including phenoxy) is 2. The predicted octanol–water partition coefficient (Wildman–Crippen LogP) is 5.86. The zero-order chi connectivity index (χ0) is 26.3. The van der Waals surface area contributed by atoms with Crippen molar-refractivity contribution in [3.8, 4) is 0 Å². The molecule has 1 spiro atoms. The topological polar surface area (TPSA) is 78.0 Å². The Hall–Kier alpha value is -1.92. The van der Waals surface area contributed by atoms with Crippen LogP contribution in [0.4, 0.5) is 0 Å². The van der Waals surface area contributed by atoms with Crippen LogP contribution in [0.5, 0.6) is 0 Å². The number of aromatic nitrogens is 1. The van der Waals surface area contributed by atoms with Gasteiger partial charge in [-0.05, 0) is 67.7 Å². The number of epoxide rings is 1. The lowest BCUT2D eigenvalue weighted by atomic mass is 9.40. The molecule has 3 aliphatic carbocycles. The minimum Gasteiger partial charge on any atom is -0.387 e. The molecule has 4 fully saturated rings. The monoisotopic (exact) mass is 519 g/mol. The lowest BCUT2D eigenvalue weighted by Crippen LogP contribution is -2.76. The van der Waals surface area contributed by atoms with Gasteiger partial charge in [0.15, 0.2) is 5.60 Å². The number of H-pyrrole nitrogens is 1. The third-order valence-electron chi connectivity index (χ3n) is 12.0. The molecule has 2 saturated heterocycles.